The van der Waals surface area contributed by atoms with Gasteiger partial charge in [0, 0.05) is 12.6 Å². The van der Waals surface area contributed by atoms with E-state index in [1.165, 1.54) is 37.7 Å². The number of hydrogen-bond acceptors (Lipinski definition) is 2. The highest BCUT2D eigenvalue weighted by Crippen LogP contribution is 2.29. The van der Waals surface area contributed by atoms with Crippen molar-refractivity contribution < 1.29 is 4.74 Å². The maximum atomic E-state index is 5.81. The SMILES string of the molecule is Cc1cccc(OCCNC2CCCC(CC(C)C)C2)c1. The number of ether oxygens (including phenoxy) is 1. The number of nitrogens with one attached hydrogen (secondary N) is 1. The number of hydrogen-bond donors (Lipinski definition) is 1. The van der Waals surface area contributed by atoms with Gasteiger partial charge in [-0.3, -0.25) is 0 Å². The molecule has 1 aliphatic carbocycles. The fourth-order valence-electron chi connectivity index (χ4n) is 3.49. The van der Waals surface area contributed by atoms with E-state index in [0.29, 0.717) is 6.04 Å². The molecule has 2 unspecified atom stereocenters. The molecule has 0 aliphatic heterocycles. The molecule has 0 bridgehead atoms. The molecule has 2 heteroatoms. The van der Waals surface area contributed by atoms with E-state index in [0.717, 1.165) is 30.7 Å². The Kier molecular flexibility index (Phi) is 6.56. The van der Waals surface area contributed by atoms with E-state index in [9.17, 15) is 0 Å². The van der Waals surface area contributed by atoms with Gasteiger partial charge in [0.25, 0.3) is 0 Å². The topological polar surface area (TPSA) is 21.3 Å². The summed E-state index contributed by atoms with van der Waals surface area (Å²) in [7, 11) is 0. The molecule has 21 heavy (non-hydrogen) atoms. The van der Waals surface area contributed by atoms with Gasteiger partial charge >= 0.3 is 0 Å². The van der Waals surface area contributed by atoms with Gasteiger partial charge in [-0.2, -0.15) is 0 Å². The van der Waals surface area contributed by atoms with Crippen LogP contribution < -0.4 is 10.1 Å². The van der Waals surface area contributed by atoms with Crippen LogP contribution in [0, 0.1) is 18.8 Å². The van der Waals surface area contributed by atoms with E-state index in [2.05, 4.69) is 44.3 Å². The summed E-state index contributed by atoms with van der Waals surface area (Å²) < 4.78 is 5.81. The molecule has 118 valence electrons. The van der Waals surface area contributed by atoms with Crippen LogP contribution in [0.15, 0.2) is 24.3 Å². The zero-order valence-electron chi connectivity index (χ0n) is 13.9. The Bertz CT molecular complexity index is 416. The summed E-state index contributed by atoms with van der Waals surface area (Å²) in [5, 5.41) is 3.68. The Balaban J connectivity index is 1.64. The molecule has 1 fully saturated rings. The van der Waals surface area contributed by atoms with Crippen molar-refractivity contribution in [1.82, 2.24) is 5.32 Å². The van der Waals surface area contributed by atoms with E-state index in [-0.39, 0.29) is 0 Å². The van der Waals surface area contributed by atoms with Gasteiger partial charge in [-0.1, -0.05) is 38.8 Å². The molecule has 1 saturated carbocycles. The summed E-state index contributed by atoms with van der Waals surface area (Å²) >= 11 is 0. The average Bonchev–Trinajstić information content (AvgIpc) is 2.43. The first-order chi connectivity index (χ1) is 10.1. The molecular formula is C19H31NO. The minimum absolute atomic E-state index is 0.698. The summed E-state index contributed by atoms with van der Waals surface area (Å²) in [5.74, 6) is 2.74. The van der Waals surface area contributed by atoms with Crippen LogP contribution in [0.4, 0.5) is 0 Å². The quantitative estimate of drug-likeness (QED) is 0.742. The third kappa shape index (κ3) is 6.09. The monoisotopic (exact) mass is 289 g/mol. The van der Waals surface area contributed by atoms with Gasteiger partial charge in [-0.25, -0.2) is 0 Å². The van der Waals surface area contributed by atoms with Crippen LogP contribution in [0.5, 0.6) is 5.75 Å². The molecule has 1 aromatic rings. The van der Waals surface area contributed by atoms with Crippen LogP contribution in [0.3, 0.4) is 0 Å². The number of rotatable bonds is 7. The van der Waals surface area contributed by atoms with Gasteiger partial charge in [0.2, 0.25) is 0 Å². The van der Waals surface area contributed by atoms with Crippen LogP contribution in [-0.2, 0) is 0 Å². The predicted molar refractivity (Wildman–Crippen MR) is 89.9 cm³/mol. The Morgan fingerprint density at radius 1 is 1.29 bits per heavy atom. The molecule has 2 rings (SSSR count). The van der Waals surface area contributed by atoms with Crippen LogP contribution >= 0.6 is 0 Å². The van der Waals surface area contributed by atoms with Crippen molar-refractivity contribution in [2.75, 3.05) is 13.2 Å². The maximum absolute atomic E-state index is 5.81. The van der Waals surface area contributed by atoms with Gasteiger partial charge in [-0.15, -0.1) is 0 Å². The Hall–Kier alpha value is -1.02. The minimum atomic E-state index is 0.698. The molecule has 1 N–H and O–H groups in total. The molecule has 0 saturated heterocycles. The summed E-state index contributed by atoms with van der Waals surface area (Å²) in [5.41, 5.74) is 1.25. The zero-order valence-corrected chi connectivity index (χ0v) is 13.9. The van der Waals surface area contributed by atoms with E-state index >= 15 is 0 Å². The highest BCUT2D eigenvalue weighted by molar-refractivity contribution is 5.27. The van der Waals surface area contributed by atoms with Crippen molar-refractivity contribution in [2.24, 2.45) is 11.8 Å². The van der Waals surface area contributed by atoms with E-state index in [1.54, 1.807) is 0 Å². The summed E-state index contributed by atoms with van der Waals surface area (Å²) in [6.07, 6.45) is 6.88. The lowest BCUT2D eigenvalue weighted by Gasteiger charge is -2.30. The van der Waals surface area contributed by atoms with Gasteiger partial charge in [0.1, 0.15) is 12.4 Å². The van der Waals surface area contributed by atoms with Crippen molar-refractivity contribution in [3.63, 3.8) is 0 Å². The average molecular weight is 289 g/mol. The van der Waals surface area contributed by atoms with Crippen LogP contribution in [0.25, 0.3) is 0 Å². The molecule has 1 aliphatic rings. The fraction of sp³-hybridized carbons (Fsp3) is 0.684. The fourth-order valence-corrected chi connectivity index (χ4v) is 3.49. The molecule has 0 spiro atoms. The molecule has 0 heterocycles. The third-order valence-electron chi connectivity index (χ3n) is 4.38. The molecular weight excluding hydrogens is 258 g/mol. The molecule has 0 aromatic heterocycles. The first kappa shape index (κ1) is 16.4. The van der Waals surface area contributed by atoms with Crippen molar-refractivity contribution in [2.45, 2.75) is 58.9 Å². The largest absolute Gasteiger partial charge is 0.492 e. The molecule has 0 amide bonds. The van der Waals surface area contributed by atoms with Gasteiger partial charge < -0.3 is 10.1 Å². The maximum Gasteiger partial charge on any atom is 0.119 e. The minimum Gasteiger partial charge on any atom is -0.492 e. The Morgan fingerprint density at radius 2 is 2.14 bits per heavy atom. The van der Waals surface area contributed by atoms with Crippen LogP contribution in [0.1, 0.15) is 51.5 Å². The van der Waals surface area contributed by atoms with Gasteiger partial charge in [0.05, 0.1) is 0 Å². The number of aryl methyl sites for hydroxylation is 1. The van der Waals surface area contributed by atoms with Crippen molar-refractivity contribution in [1.29, 1.82) is 0 Å². The summed E-state index contributed by atoms with van der Waals surface area (Å²) in [6.45, 7) is 8.49. The Morgan fingerprint density at radius 3 is 2.90 bits per heavy atom. The second kappa shape index (κ2) is 8.43. The second-order valence-electron chi connectivity index (χ2n) is 6.98. The van der Waals surface area contributed by atoms with E-state index < -0.39 is 0 Å². The van der Waals surface area contributed by atoms with Crippen molar-refractivity contribution >= 4 is 0 Å². The second-order valence-corrected chi connectivity index (χ2v) is 6.98. The van der Waals surface area contributed by atoms with E-state index in [4.69, 9.17) is 4.74 Å². The van der Waals surface area contributed by atoms with Crippen molar-refractivity contribution in [3.8, 4) is 5.75 Å². The first-order valence-electron chi connectivity index (χ1n) is 8.56. The summed E-state index contributed by atoms with van der Waals surface area (Å²) in [6, 6.07) is 8.98. The normalized spacial score (nSPS) is 22.5. The van der Waals surface area contributed by atoms with Crippen LogP contribution in [-0.4, -0.2) is 19.2 Å². The smallest absolute Gasteiger partial charge is 0.119 e. The third-order valence-corrected chi connectivity index (χ3v) is 4.38. The standard InChI is InChI=1S/C19H31NO/c1-15(2)12-17-7-5-8-18(14-17)20-10-11-21-19-9-4-6-16(3)13-19/h4,6,9,13,15,17-18,20H,5,7-8,10-12,14H2,1-3H3. The lowest BCUT2D eigenvalue weighted by atomic mass is 9.81. The highest BCUT2D eigenvalue weighted by atomic mass is 16.5. The van der Waals surface area contributed by atoms with Crippen molar-refractivity contribution in [3.05, 3.63) is 29.8 Å². The predicted octanol–water partition coefficient (Wildman–Crippen LogP) is 4.57. The zero-order chi connectivity index (χ0) is 15.1. The molecule has 0 radical (unpaired) electrons. The molecule has 1 aromatic carbocycles. The first-order valence-corrected chi connectivity index (χ1v) is 8.56. The summed E-state index contributed by atoms with van der Waals surface area (Å²) in [4.78, 5) is 0. The Labute approximate surface area is 130 Å². The van der Waals surface area contributed by atoms with E-state index in [1.807, 2.05) is 6.07 Å². The lowest BCUT2D eigenvalue weighted by Crippen LogP contribution is -2.36. The van der Waals surface area contributed by atoms with Gasteiger partial charge in [0.15, 0.2) is 0 Å². The highest BCUT2D eigenvalue weighted by Gasteiger charge is 2.21. The molecule has 2 atom stereocenters. The number of benzene rings is 1. The van der Waals surface area contributed by atoms with Gasteiger partial charge in [-0.05, 0) is 55.7 Å². The van der Waals surface area contributed by atoms with Crippen LogP contribution in [0.2, 0.25) is 0 Å². The molecule has 2 nitrogen and oxygen atoms in total. The lowest BCUT2D eigenvalue weighted by molar-refractivity contribution is 0.238.